The van der Waals surface area contributed by atoms with Crippen LogP contribution in [0.3, 0.4) is 0 Å². The fraction of sp³-hybridized carbons (Fsp3) is 0.750. The third-order valence-electron chi connectivity index (χ3n) is 4.09. The van der Waals surface area contributed by atoms with Crippen LogP contribution in [0.5, 0.6) is 0 Å². The number of aliphatic hydroxyl groups excluding tert-OH is 1. The monoisotopic (exact) mass is 224 g/mol. The maximum absolute atomic E-state index is 11.7. The highest BCUT2D eigenvalue weighted by molar-refractivity contribution is 5.86. The van der Waals surface area contributed by atoms with Crippen molar-refractivity contribution >= 4 is 5.97 Å². The van der Waals surface area contributed by atoms with Crippen molar-refractivity contribution in [2.75, 3.05) is 6.61 Å². The summed E-state index contributed by atoms with van der Waals surface area (Å²) in [5.74, 6) is -0.159. The number of esters is 1. The molecule has 3 rings (SSSR count). The van der Waals surface area contributed by atoms with Crippen LogP contribution in [0.2, 0.25) is 0 Å². The number of allylic oxidation sites excluding steroid dienone is 2. The van der Waals surface area contributed by atoms with E-state index < -0.39 is 11.0 Å². The van der Waals surface area contributed by atoms with E-state index in [2.05, 4.69) is 6.08 Å². The van der Waals surface area contributed by atoms with E-state index in [1.165, 1.54) is 5.57 Å². The second-order valence-corrected chi connectivity index (χ2v) is 5.34. The van der Waals surface area contributed by atoms with Crippen LogP contribution in [0.25, 0.3) is 0 Å². The van der Waals surface area contributed by atoms with Crippen molar-refractivity contribution in [2.45, 2.75) is 44.5 Å². The van der Waals surface area contributed by atoms with Gasteiger partial charge in [-0.25, -0.2) is 0 Å². The normalized spacial score (nSPS) is 47.6. The van der Waals surface area contributed by atoms with Gasteiger partial charge in [0.05, 0.1) is 6.61 Å². The molecule has 2 saturated heterocycles. The molecule has 0 aromatic carbocycles. The Labute approximate surface area is 94.2 Å². The van der Waals surface area contributed by atoms with Crippen LogP contribution in [-0.2, 0) is 14.3 Å². The average Bonchev–Trinajstić information content (AvgIpc) is 2.88. The fourth-order valence-corrected chi connectivity index (χ4v) is 3.04. The largest absolute Gasteiger partial charge is 0.460 e. The quantitative estimate of drug-likeness (QED) is 0.437. The van der Waals surface area contributed by atoms with E-state index >= 15 is 0 Å². The number of rotatable bonds is 3. The van der Waals surface area contributed by atoms with Gasteiger partial charge in [0.25, 0.3) is 0 Å². The molecule has 2 aliphatic heterocycles. The summed E-state index contributed by atoms with van der Waals surface area (Å²) in [6.45, 7) is 4.01. The molecule has 0 aromatic rings. The van der Waals surface area contributed by atoms with Gasteiger partial charge < -0.3 is 14.6 Å². The Morgan fingerprint density at radius 1 is 1.62 bits per heavy atom. The first-order valence-corrected chi connectivity index (χ1v) is 5.68. The zero-order valence-electron chi connectivity index (χ0n) is 9.53. The maximum Gasteiger partial charge on any atom is 0.319 e. The topological polar surface area (TPSA) is 59.1 Å². The molecule has 4 atom stereocenters. The lowest BCUT2D eigenvalue weighted by atomic mass is 9.75. The Balaban J connectivity index is 1.87. The van der Waals surface area contributed by atoms with E-state index in [1.54, 1.807) is 0 Å². The highest BCUT2D eigenvalue weighted by atomic mass is 16.7. The zero-order valence-corrected chi connectivity index (χ0v) is 9.53. The molecule has 1 saturated carbocycles. The molecule has 0 radical (unpaired) electrons. The Bertz CT molecular complexity index is 384. The van der Waals surface area contributed by atoms with Gasteiger partial charge in [-0.2, -0.15) is 0 Å². The highest BCUT2D eigenvalue weighted by Crippen LogP contribution is 2.66. The SMILES string of the molecule is CC(C)=CC[C@]12C(=O)O[C@H]1CC1(CO)OC12. The van der Waals surface area contributed by atoms with Gasteiger partial charge in [-0.3, -0.25) is 4.79 Å². The number of carbonyl (C=O) groups is 1. The van der Waals surface area contributed by atoms with Gasteiger partial charge in [0.15, 0.2) is 0 Å². The first kappa shape index (κ1) is 10.3. The fourth-order valence-electron chi connectivity index (χ4n) is 3.04. The lowest BCUT2D eigenvalue weighted by Crippen LogP contribution is -2.56. The summed E-state index contributed by atoms with van der Waals surface area (Å²) in [6, 6.07) is 0. The van der Waals surface area contributed by atoms with Crippen molar-refractivity contribution in [1.82, 2.24) is 0 Å². The Morgan fingerprint density at radius 2 is 2.38 bits per heavy atom. The number of epoxide rings is 1. The summed E-state index contributed by atoms with van der Waals surface area (Å²) in [4.78, 5) is 11.7. The molecule has 88 valence electrons. The van der Waals surface area contributed by atoms with Crippen molar-refractivity contribution in [3.8, 4) is 0 Å². The highest BCUT2D eigenvalue weighted by Gasteiger charge is 2.82. The molecule has 0 aromatic heterocycles. The summed E-state index contributed by atoms with van der Waals surface area (Å²) in [7, 11) is 0. The summed E-state index contributed by atoms with van der Waals surface area (Å²) < 4.78 is 10.7. The van der Waals surface area contributed by atoms with Crippen LogP contribution >= 0.6 is 0 Å². The lowest BCUT2D eigenvalue weighted by molar-refractivity contribution is -0.209. The van der Waals surface area contributed by atoms with Gasteiger partial charge >= 0.3 is 5.97 Å². The van der Waals surface area contributed by atoms with Crippen molar-refractivity contribution < 1.29 is 19.4 Å². The molecule has 1 aliphatic carbocycles. The number of hydrogen-bond donors (Lipinski definition) is 1. The standard InChI is InChI=1S/C12H16O4/c1-7(2)3-4-12-8(15-10(12)14)5-11(6-13)9(12)16-11/h3,8-9,13H,4-6H2,1-2H3/t8-,9?,11?,12-/m0/s1. The van der Waals surface area contributed by atoms with Crippen LogP contribution in [-0.4, -0.2) is 35.5 Å². The van der Waals surface area contributed by atoms with Crippen LogP contribution < -0.4 is 0 Å². The molecule has 4 heteroatoms. The third-order valence-corrected chi connectivity index (χ3v) is 4.09. The summed E-state index contributed by atoms with van der Waals surface area (Å²) in [6.07, 6.45) is 3.19. The van der Waals surface area contributed by atoms with Crippen LogP contribution in [0, 0.1) is 5.41 Å². The number of hydrogen-bond acceptors (Lipinski definition) is 4. The first-order valence-electron chi connectivity index (χ1n) is 5.68. The second kappa shape index (κ2) is 2.87. The van der Waals surface area contributed by atoms with Gasteiger partial charge in [0.1, 0.15) is 23.2 Å². The second-order valence-electron chi connectivity index (χ2n) is 5.34. The molecule has 2 unspecified atom stereocenters. The predicted octanol–water partition coefficient (Wildman–Crippen LogP) is 0.788. The Kier molecular flexibility index (Phi) is 1.85. The predicted molar refractivity (Wildman–Crippen MR) is 55.7 cm³/mol. The molecule has 0 bridgehead atoms. The van der Waals surface area contributed by atoms with Gasteiger partial charge in [-0.1, -0.05) is 11.6 Å². The smallest absolute Gasteiger partial charge is 0.319 e. The molecule has 3 aliphatic rings. The van der Waals surface area contributed by atoms with E-state index in [0.717, 1.165) is 0 Å². The zero-order chi connectivity index (χ0) is 11.6. The van der Waals surface area contributed by atoms with Gasteiger partial charge in [-0.05, 0) is 20.3 Å². The van der Waals surface area contributed by atoms with Gasteiger partial charge in [0, 0.05) is 6.42 Å². The third kappa shape index (κ3) is 0.992. The lowest BCUT2D eigenvalue weighted by Gasteiger charge is -2.42. The van der Waals surface area contributed by atoms with E-state index in [9.17, 15) is 9.90 Å². The van der Waals surface area contributed by atoms with Crippen molar-refractivity contribution in [2.24, 2.45) is 5.41 Å². The molecule has 16 heavy (non-hydrogen) atoms. The molecular weight excluding hydrogens is 208 g/mol. The number of carbonyl (C=O) groups excluding carboxylic acids is 1. The summed E-state index contributed by atoms with van der Waals surface area (Å²) in [5.41, 5.74) is 0.210. The number of fused-ring (bicyclic) bond motifs is 3. The van der Waals surface area contributed by atoms with E-state index in [0.29, 0.717) is 12.8 Å². The molecule has 0 amide bonds. The Morgan fingerprint density at radius 3 is 2.94 bits per heavy atom. The van der Waals surface area contributed by atoms with Crippen molar-refractivity contribution in [1.29, 1.82) is 0 Å². The summed E-state index contributed by atoms with van der Waals surface area (Å²) >= 11 is 0. The van der Waals surface area contributed by atoms with E-state index in [1.807, 2.05) is 13.8 Å². The van der Waals surface area contributed by atoms with Crippen LogP contribution in [0.15, 0.2) is 11.6 Å². The molecule has 3 fully saturated rings. The van der Waals surface area contributed by atoms with Crippen molar-refractivity contribution in [3.05, 3.63) is 11.6 Å². The van der Waals surface area contributed by atoms with Crippen LogP contribution in [0.1, 0.15) is 26.7 Å². The number of ether oxygens (including phenoxy) is 2. The Hall–Kier alpha value is -0.870. The molecule has 4 nitrogen and oxygen atoms in total. The van der Waals surface area contributed by atoms with E-state index in [-0.39, 0.29) is 24.8 Å². The maximum atomic E-state index is 11.7. The van der Waals surface area contributed by atoms with Crippen molar-refractivity contribution in [3.63, 3.8) is 0 Å². The minimum atomic E-state index is -0.500. The van der Waals surface area contributed by atoms with Crippen LogP contribution in [0.4, 0.5) is 0 Å². The number of aliphatic hydroxyl groups is 1. The van der Waals surface area contributed by atoms with E-state index in [4.69, 9.17) is 9.47 Å². The molecule has 2 heterocycles. The first-order chi connectivity index (χ1) is 7.55. The average molecular weight is 224 g/mol. The summed E-state index contributed by atoms with van der Waals surface area (Å²) in [5, 5.41) is 9.30. The van der Waals surface area contributed by atoms with Gasteiger partial charge in [0.2, 0.25) is 0 Å². The minimum Gasteiger partial charge on any atom is -0.460 e. The minimum absolute atomic E-state index is 0.0125. The molecule has 0 spiro atoms. The van der Waals surface area contributed by atoms with Gasteiger partial charge in [-0.15, -0.1) is 0 Å². The molecule has 1 N–H and O–H groups in total. The molecular formula is C12H16O4.